The first-order chi connectivity index (χ1) is 9.60. The number of hydrogen-bond acceptors (Lipinski definition) is 1. The Balaban J connectivity index is 2.07. The van der Waals surface area contributed by atoms with E-state index in [2.05, 4.69) is 11.9 Å². The largest absolute Gasteiger partial charge is 0.327 e. The Morgan fingerprint density at radius 2 is 2.15 bits per heavy atom. The van der Waals surface area contributed by atoms with Crippen molar-refractivity contribution >= 4 is 22.6 Å². The van der Waals surface area contributed by atoms with Crippen LogP contribution in [0, 0.1) is 23.5 Å². The molecule has 1 aromatic heterocycles. The molecule has 1 fully saturated rings. The number of imidazole rings is 1. The van der Waals surface area contributed by atoms with E-state index in [0.717, 1.165) is 24.4 Å². The summed E-state index contributed by atoms with van der Waals surface area (Å²) in [7, 11) is 0. The van der Waals surface area contributed by atoms with Crippen molar-refractivity contribution in [3.63, 3.8) is 0 Å². The third-order valence-electron chi connectivity index (χ3n) is 4.07. The second kappa shape index (κ2) is 5.32. The van der Waals surface area contributed by atoms with Crippen LogP contribution < -0.4 is 0 Å². The van der Waals surface area contributed by atoms with Crippen molar-refractivity contribution in [2.24, 2.45) is 11.8 Å². The molecule has 1 aliphatic carbocycles. The summed E-state index contributed by atoms with van der Waals surface area (Å²) in [5.74, 6) is 1.22. The molecule has 5 heteroatoms. The molecule has 2 nitrogen and oxygen atoms in total. The zero-order valence-electron chi connectivity index (χ0n) is 11.4. The van der Waals surface area contributed by atoms with Crippen LogP contribution in [-0.2, 0) is 13.0 Å². The first kappa shape index (κ1) is 13.8. The van der Waals surface area contributed by atoms with Crippen LogP contribution in [0.2, 0.25) is 0 Å². The van der Waals surface area contributed by atoms with E-state index >= 15 is 0 Å². The predicted molar refractivity (Wildman–Crippen MR) is 76.0 cm³/mol. The predicted octanol–water partition coefficient (Wildman–Crippen LogP) is 4.14. The molecule has 0 saturated heterocycles. The van der Waals surface area contributed by atoms with Gasteiger partial charge in [0.2, 0.25) is 0 Å². The van der Waals surface area contributed by atoms with Crippen LogP contribution in [0.3, 0.4) is 0 Å². The molecule has 1 aliphatic rings. The molecule has 0 spiro atoms. The van der Waals surface area contributed by atoms with Crippen molar-refractivity contribution < 1.29 is 8.78 Å². The molecule has 1 saturated carbocycles. The maximum atomic E-state index is 13.8. The average molecular weight is 299 g/mol. The van der Waals surface area contributed by atoms with E-state index in [1.807, 2.05) is 4.57 Å². The second-order valence-electron chi connectivity index (χ2n) is 5.65. The van der Waals surface area contributed by atoms with Gasteiger partial charge in [0.25, 0.3) is 0 Å². The average Bonchev–Trinajstić information content (AvgIpc) is 3.18. The van der Waals surface area contributed by atoms with Crippen LogP contribution in [0.25, 0.3) is 11.0 Å². The lowest BCUT2D eigenvalue weighted by molar-refractivity contribution is 0.429. The summed E-state index contributed by atoms with van der Waals surface area (Å²) in [6.45, 7) is 2.93. The lowest BCUT2D eigenvalue weighted by Crippen LogP contribution is -2.12. The Hall–Kier alpha value is -1.16. The van der Waals surface area contributed by atoms with E-state index in [1.165, 1.54) is 18.9 Å². The molecule has 20 heavy (non-hydrogen) atoms. The van der Waals surface area contributed by atoms with Crippen molar-refractivity contribution in [3.05, 3.63) is 29.6 Å². The summed E-state index contributed by atoms with van der Waals surface area (Å²) in [4.78, 5) is 4.31. The summed E-state index contributed by atoms with van der Waals surface area (Å²) in [5.41, 5.74) is 0.782. The van der Waals surface area contributed by atoms with Gasteiger partial charge in [0, 0.05) is 24.9 Å². The van der Waals surface area contributed by atoms with E-state index in [9.17, 15) is 8.78 Å². The maximum absolute atomic E-state index is 13.8. The van der Waals surface area contributed by atoms with Gasteiger partial charge >= 0.3 is 0 Å². The Morgan fingerprint density at radius 1 is 1.40 bits per heavy atom. The zero-order chi connectivity index (χ0) is 14.3. The Labute approximate surface area is 121 Å². The van der Waals surface area contributed by atoms with Gasteiger partial charge in [-0.2, -0.15) is 0 Å². The maximum Gasteiger partial charge on any atom is 0.153 e. The normalized spacial score (nSPS) is 16.8. The molecule has 1 heterocycles. The summed E-state index contributed by atoms with van der Waals surface area (Å²) in [6, 6.07) is 2.25. The van der Waals surface area contributed by atoms with Crippen LogP contribution in [0.1, 0.15) is 25.6 Å². The fraction of sp³-hybridized carbons (Fsp3) is 0.533. The van der Waals surface area contributed by atoms with Crippen LogP contribution in [0.4, 0.5) is 8.78 Å². The lowest BCUT2D eigenvalue weighted by Gasteiger charge is -2.14. The monoisotopic (exact) mass is 298 g/mol. The minimum absolute atomic E-state index is 0.245. The van der Waals surface area contributed by atoms with Crippen LogP contribution in [0.5, 0.6) is 0 Å². The smallest absolute Gasteiger partial charge is 0.153 e. The highest BCUT2D eigenvalue weighted by molar-refractivity contribution is 6.17. The van der Waals surface area contributed by atoms with Gasteiger partial charge in [-0.3, -0.25) is 0 Å². The standard InChI is InChI=1S/C15H17ClF2N2/c1-9(10-2-3-10)8-20-13-7-11(17)6-12(18)15(13)19-14(20)4-5-16/h6-7,9-10H,2-5,8H2,1H3. The van der Waals surface area contributed by atoms with E-state index < -0.39 is 11.6 Å². The summed E-state index contributed by atoms with van der Waals surface area (Å²) >= 11 is 5.80. The third kappa shape index (κ3) is 2.53. The number of nitrogens with zero attached hydrogens (tertiary/aromatic N) is 2. The highest BCUT2D eigenvalue weighted by Gasteiger charge is 2.29. The fourth-order valence-electron chi connectivity index (χ4n) is 2.78. The van der Waals surface area contributed by atoms with Crippen LogP contribution in [0.15, 0.2) is 12.1 Å². The molecule has 1 aromatic carbocycles. The van der Waals surface area contributed by atoms with Crippen LogP contribution in [-0.4, -0.2) is 15.4 Å². The molecule has 0 bridgehead atoms. The molecule has 1 atom stereocenters. The number of aryl methyl sites for hydroxylation is 1. The molecule has 0 radical (unpaired) electrons. The number of benzene rings is 1. The summed E-state index contributed by atoms with van der Waals surface area (Å²) in [6.07, 6.45) is 3.07. The number of alkyl halides is 1. The molecule has 2 aromatic rings. The van der Waals surface area contributed by atoms with Crippen molar-refractivity contribution in [1.29, 1.82) is 0 Å². The fourth-order valence-corrected chi connectivity index (χ4v) is 2.95. The van der Waals surface area contributed by atoms with Gasteiger partial charge in [-0.1, -0.05) is 6.92 Å². The molecule has 3 rings (SSSR count). The molecule has 0 aliphatic heterocycles. The molecule has 108 valence electrons. The minimum atomic E-state index is -0.603. The highest BCUT2D eigenvalue weighted by Crippen LogP contribution is 2.38. The van der Waals surface area contributed by atoms with Crippen molar-refractivity contribution in [3.8, 4) is 0 Å². The summed E-state index contributed by atoms with van der Waals surface area (Å²) in [5, 5.41) is 0. The number of hydrogen-bond donors (Lipinski definition) is 0. The Bertz CT molecular complexity index is 634. The topological polar surface area (TPSA) is 17.8 Å². The first-order valence-electron chi connectivity index (χ1n) is 7.00. The minimum Gasteiger partial charge on any atom is -0.327 e. The van der Waals surface area contributed by atoms with Gasteiger partial charge in [0.05, 0.1) is 5.52 Å². The van der Waals surface area contributed by atoms with Gasteiger partial charge in [-0.15, -0.1) is 11.6 Å². The van der Waals surface area contributed by atoms with Gasteiger partial charge in [-0.05, 0) is 30.7 Å². The SMILES string of the molecule is CC(Cn1c(CCCl)nc2c(F)cc(F)cc21)C1CC1. The molecular formula is C15H17ClF2N2. The van der Waals surface area contributed by atoms with E-state index in [1.54, 1.807) is 0 Å². The van der Waals surface area contributed by atoms with E-state index in [-0.39, 0.29) is 5.52 Å². The number of halogens is 3. The number of aromatic nitrogens is 2. The third-order valence-corrected chi connectivity index (χ3v) is 4.26. The molecule has 0 N–H and O–H groups in total. The van der Waals surface area contributed by atoms with Crippen molar-refractivity contribution in [1.82, 2.24) is 9.55 Å². The zero-order valence-corrected chi connectivity index (χ0v) is 12.1. The van der Waals surface area contributed by atoms with Crippen LogP contribution >= 0.6 is 11.6 Å². The molecular weight excluding hydrogens is 282 g/mol. The Kier molecular flexibility index (Phi) is 3.67. The van der Waals surface area contributed by atoms with E-state index in [0.29, 0.717) is 23.7 Å². The number of rotatable bonds is 5. The van der Waals surface area contributed by atoms with Gasteiger partial charge < -0.3 is 4.57 Å². The molecule has 1 unspecified atom stereocenters. The van der Waals surface area contributed by atoms with E-state index in [4.69, 9.17) is 11.6 Å². The van der Waals surface area contributed by atoms with Gasteiger partial charge in [-0.25, -0.2) is 13.8 Å². The second-order valence-corrected chi connectivity index (χ2v) is 6.03. The van der Waals surface area contributed by atoms with Gasteiger partial charge in [0.1, 0.15) is 17.2 Å². The summed E-state index contributed by atoms with van der Waals surface area (Å²) < 4.78 is 29.3. The number of fused-ring (bicyclic) bond motifs is 1. The van der Waals surface area contributed by atoms with Crippen molar-refractivity contribution in [2.45, 2.75) is 32.7 Å². The Morgan fingerprint density at radius 3 is 2.80 bits per heavy atom. The highest BCUT2D eigenvalue weighted by atomic mass is 35.5. The van der Waals surface area contributed by atoms with Crippen molar-refractivity contribution in [2.75, 3.05) is 5.88 Å². The first-order valence-corrected chi connectivity index (χ1v) is 7.53. The molecule has 0 amide bonds. The lowest BCUT2D eigenvalue weighted by atomic mass is 10.1. The quantitative estimate of drug-likeness (QED) is 0.759. The van der Waals surface area contributed by atoms with Gasteiger partial charge in [0.15, 0.2) is 5.82 Å².